The quantitative estimate of drug-likeness (QED) is 0.449. The van der Waals surface area contributed by atoms with Crippen molar-refractivity contribution in [2.24, 2.45) is 0 Å². The van der Waals surface area contributed by atoms with Crippen LogP contribution in [0.3, 0.4) is 0 Å². The Morgan fingerprint density at radius 3 is 2.59 bits per heavy atom. The van der Waals surface area contributed by atoms with Crippen molar-refractivity contribution in [2.75, 3.05) is 6.61 Å². The summed E-state index contributed by atoms with van der Waals surface area (Å²) in [5.74, 6) is -1.12. The minimum Gasteiger partial charge on any atom is -0.507 e. The molecule has 0 aromatic heterocycles. The normalized spacial score (nSPS) is 15.9. The lowest BCUT2D eigenvalue weighted by atomic mass is 10.1. The Bertz CT molecular complexity index is 539. The van der Waals surface area contributed by atoms with E-state index >= 15 is 0 Å². The predicted octanol–water partition coefficient (Wildman–Crippen LogP) is 2.99. The van der Waals surface area contributed by atoms with Gasteiger partial charge in [-0.1, -0.05) is 25.7 Å². The van der Waals surface area contributed by atoms with E-state index in [-0.39, 0.29) is 29.9 Å². The van der Waals surface area contributed by atoms with E-state index in [1.54, 1.807) is 6.07 Å². The van der Waals surface area contributed by atoms with E-state index < -0.39 is 5.97 Å². The molecule has 2 N–H and O–H groups in total. The number of carbonyl (C=O) groups excluding carboxylic acids is 2. The van der Waals surface area contributed by atoms with E-state index in [0.29, 0.717) is 0 Å². The molecule has 5 nitrogen and oxygen atoms in total. The number of amides is 1. The number of rotatable bonds is 4. The van der Waals surface area contributed by atoms with Crippen LogP contribution in [0, 0.1) is 3.57 Å². The van der Waals surface area contributed by atoms with Gasteiger partial charge in [0.15, 0.2) is 6.61 Å². The number of phenols is 1. The number of halogens is 1. The molecule has 0 unspecified atom stereocenters. The smallest absolute Gasteiger partial charge is 0.342 e. The molecule has 1 aromatic carbocycles. The highest BCUT2D eigenvalue weighted by Gasteiger charge is 2.18. The minimum absolute atomic E-state index is 0.0779. The molecule has 2 rings (SSSR count). The van der Waals surface area contributed by atoms with Crippen molar-refractivity contribution in [2.45, 2.75) is 44.6 Å². The third kappa shape index (κ3) is 5.15. The standard InChI is InChI=1S/C16H20INO4/c17-11-7-8-14(19)13(9-11)16(21)22-10-15(20)18-12-5-3-1-2-4-6-12/h7-9,12,19H,1-6,10H2,(H,18,20). The molecule has 6 heteroatoms. The first-order chi connectivity index (χ1) is 10.6. The van der Waals surface area contributed by atoms with Crippen LogP contribution >= 0.6 is 22.6 Å². The van der Waals surface area contributed by atoms with E-state index in [0.717, 1.165) is 29.3 Å². The van der Waals surface area contributed by atoms with E-state index in [4.69, 9.17) is 4.74 Å². The second-order valence-corrected chi connectivity index (χ2v) is 6.74. The molecule has 1 fully saturated rings. The third-order valence-electron chi connectivity index (χ3n) is 3.73. The summed E-state index contributed by atoms with van der Waals surface area (Å²) in [5, 5.41) is 12.6. The van der Waals surface area contributed by atoms with Crippen LogP contribution in [-0.4, -0.2) is 29.6 Å². The number of phenolic OH excluding ortho intramolecular Hbond substituents is 1. The van der Waals surface area contributed by atoms with Gasteiger partial charge in [-0.05, 0) is 53.6 Å². The maximum absolute atomic E-state index is 11.9. The molecule has 1 aromatic rings. The summed E-state index contributed by atoms with van der Waals surface area (Å²) >= 11 is 2.04. The molecule has 1 amide bonds. The van der Waals surface area contributed by atoms with Crippen LogP contribution in [0.5, 0.6) is 5.75 Å². The number of esters is 1. The Kier molecular flexibility index (Phi) is 6.48. The summed E-state index contributed by atoms with van der Waals surface area (Å²) in [5.41, 5.74) is 0.0779. The first kappa shape index (κ1) is 17.1. The first-order valence-corrected chi connectivity index (χ1v) is 8.59. The third-order valence-corrected chi connectivity index (χ3v) is 4.40. The number of hydrogen-bond acceptors (Lipinski definition) is 4. The number of benzene rings is 1. The van der Waals surface area contributed by atoms with Gasteiger partial charge in [-0.3, -0.25) is 4.79 Å². The van der Waals surface area contributed by atoms with Crippen LogP contribution in [-0.2, 0) is 9.53 Å². The molecule has 1 aliphatic carbocycles. The van der Waals surface area contributed by atoms with E-state index in [1.807, 2.05) is 22.6 Å². The molecule has 0 saturated heterocycles. The van der Waals surface area contributed by atoms with Gasteiger partial charge < -0.3 is 15.2 Å². The lowest BCUT2D eigenvalue weighted by molar-refractivity contribution is -0.125. The SMILES string of the molecule is O=C(COC(=O)c1cc(I)ccc1O)NC1CCCCCC1. The van der Waals surface area contributed by atoms with Gasteiger partial charge in [0, 0.05) is 9.61 Å². The Labute approximate surface area is 143 Å². The number of carbonyl (C=O) groups is 2. The highest BCUT2D eigenvalue weighted by atomic mass is 127. The average Bonchev–Trinajstić information content (AvgIpc) is 2.76. The van der Waals surface area contributed by atoms with Crippen molar-refractivity contribution in [3.05, 3.63) is 27.3 Å². The van der Waals surface area contributed by atoms with E-state index in [2.05, 4.69) is 5.32 Å². The van der Waals surface area contributed by atoms with Gasteiger partial charge in [-0.15, -0.1) is 0 Å². The fourth-order valence-electron chi connectivity index (χ4n) is 2.57. The zero-order valence-corrected chi connectivity index (χ0v) is 14.5. The molecular formula is C16H20INO4. The summed E-state index contributed by atoms with van der Waals surface area (Å²) in [4.78, 5) is 23.8. The van der Waals surface area contributed by atoms with Crippen LogP contribution in [0.15, 0.2) is 18.2 Å². The lowest BCUT2D eigenvalue weighted by Gasteiger charge is -2.16. The fourth-order valence-corrected chi connectivity index (χ4v) is 3.06. The highest BCUT2D eigenvalue weighted by molar-refractivity contribution is 14.1. The van der Waals surface area contributed by atoms with Gasteiger partial charge in [-0.2, -0.15) is 0 Å². The van der Waals surface area contributed by atoms with Gasteiger partial charge >= 0.3 is 5.97 Å². The van der Waals surface area contributed by atoms with Crippen LogP contribution in [0.25, 0.3) is 0 Å². The molecular weight excluding hydrogens is 397 g/mol. The van der Waals surface area contributed by atoms with Crippen molar-refractivity contribution in [1.82, 2.24) is 5.32 Å². The summed E-state index contributed by atoms with van der Waals surface area (Å²) in [7, 11) is 0. The first-order valence-electron chi connectivity index (χ1n) is 7.51. The van der Waals surface area contributed by atoms with Crippen molar-refractivity contribution in [3.63, 3.8) is 0 Å². The molecule has 0 bridgehead atoms. The molecule has 0 atom stereocenters. The number of nitrogens with one attached hydrogen (secondary N) is 1. The molecule has 0 radical (unpaired) electrons. The Hall–Kier alpha value is -1.31. The number of ether oxygens (including phenoxy) is 1. The van der Waals surface area contributed by atoms with Gasteiger partial charge in [0.2, 0.25) is 0 Å². The van der Waals surface area contributed by atoms with Crippen molar-refractivity contribution < 1.29 is 19.4 Å². The molecule has 120 valence electrons. The van der Waals surface area contributed by atoms with Crippen molar-refractivity contribution in [3.8, 4) is 5.75 Å². The topological polar surface area (TPSA) is 75.6 Å². The number of hydrogen-bond donors (Lipinski definition) is 2. The van der Waals surface area contributed by atoms with Crippen molar-refractivity contribution >= 4 is 34.5 Å². The average molecular weight is 417 g/mol. The zero-order chi connectivity index (χ0) is 15.9. The summed E-state index contributed by atoms with van der Waals surface area (Å²) < 4.78 is 5.79. The van der Waals surface area contributed by atoms with E-state index in [1.165, 1.54) is 25.0 Å². The van der Waals surface area contributed by atoms with Gasteiger partial charge in [-0.25, -0.2) is 4.79 Å². The monoisotopic (exact) mass is 417 g/mol. The van der Waals surface area contributed by atoms with Gasteiger partial charge in [0.1, 0.15) is 11.3 Å². The predicted molar refractivity (Wildman–Crippen MR) is 90.7 cm³/mol. The van der Waals surface area contributed by atoms with Crippen LogP contribution in [0.1, 0.15) is 48.9 Å². The van der Waals surface area contributed by atoms with Gasteiger partial charge in [0.05, 0.1) is 0 Å². The second kappa shape index (κ2) is 8.36. The molecule has 1 aliphatic rings. The molecule has 1 saturated carbocycles. The fraction of sp³-hybridized carbons (Fsp3) is 0.500. The molecule has 22 heavy (non-hydrogen) atoms. The minimum atomic E-state index is -0.688. The molecule has 0 heterocycles. The molecule has 0 aliphatic heterocycles. The Balaban J connectivity index is 1.82. The van der Waals surface area contributed by atoms with Crippen molar-refractivity contribution in [1.29, 1.82) is 0 Å². The Morgan fingerprint density at radius 1 is 1.23 bits per heavy atom. The van der Waals surface area contributed by atoms with E-state index in [9.17, 15) is 14.7 Å². The van der Waals surface area contributed by atoms with Crippen LogP contribution in [0.4, 0.5) is 0 Å². The summed E-state index contributed by atoms with van der Waals surface area (Å²) in [6.45, 7) is -0.319. The largest absolute Gasteiger partial charge is 0.507 e. The maximum atomic E-state index is 11.9. The molecule has 0 spiro atoms. The summed E-state index contributed by atoms with van der Waals surface area (Å²) in [6, 6.07) is 4.83. The second-order valence-electron chi connectivity index (χ2n) is 5.49. The van der Waals surface area contributed by atoms with Crippen LogP contribution in [0.2, 0.25) is 0 Å². The lowest BCUT2D eigenvalue weighted by Crippen LogP contribution is -2.37. The highest BCUT2D eigenvalue weighted by Crippen LogP contribution is 2.20. The maximum Gasteiger partial charge on any atom is 0.342 e. The van der Waals surface area contributed by atoms with Gasteiger partial charge in [0.25, 0.3) is 5.91 Å². The van der Waals surface area contributed by atoms with Crippen LogP contribution < -0.4 is 5.32 Å². The summed E-state index contributed by atoms with van der Waals surface area (Å²) in [6.07, 6.45) is 6.65. The zero-order valence-electron chi connectivity index (χ0n) is 12.3. The Morgan fingerprint density at radius 2 is 1.91 bits per heavy atom. The number of aromatic hydroxyl groups is 1.